The van der Waals surface area contributed by atoms with Gasteiger partial charge in [0.2, 0.25) is 0 Å². The first-order valence-corrected chi connectivity index (χ1v) is 13.8. The average molecular weight is 574 g/mol. The van der Waals surface area contributed by atoms with Crippen LogP contribution >= 0.6 is 0 Å². The van der Waals surface area contributed by atoms with Crippen molar-refractivity contribution in [2.24, 2.45) is 5.92 Å². The summed E-state index contributed by atoms with van der Waals surface area (Å²) in [5.74, 6) is -0.317. The number of alkyl carbamates (subject to hydrolysis) is 1. The minimum Gasteiger partial charge on any atom is -0.445 e. The second-order valence-electron chi connectivity index (χ2n) is 10.6. The van der Waals surface area contributed by atoms with E-state index in [0.717, 1.165) is 16.5 Å². The van der Waals surface area contributed by atoms with E-state index < -0.39 is 43.1 Å². The van der Waals surface area contributed by atoms with Crippen molar-refractivity contribution in [3.63, 3.8) is 0 Å². The summed E-state index contributed by atoms with van der Waals surface area (Å²) in [4.78, 5) is 37.0. The lowest BCUT2D eigenvalue weighted by Crippen LogP contribution is -2.44. The molecule has 1 unspecified atom stereocenters. The minimum atomic E-state index is -1.12. The highest BCUT2D eigenvalue weighted by molar-refractivity contribution is 5.88. The maximum atomic E-state index is 13.7. The molecule has 42 heavy (non-hydrogen) atoms. The molecule has 1 fully saturated rings. The Morgan fingerprint density at radius 1 is 1.05 bits per heavy atom. The van der Waals surface area contributed by atoms with Crippen LogP contribution in [0, 0.1) is 5.92 Å². The van der Waals surface area contributed by atoms with Crippen molar-refractivity contribution in [2.45, 2.75) is 43.9 Å². The molecule has 3 N–H and O–H groups in total. The van der Waals surface area contributed by atoms with Crippen LogP contribution in [0.4, 0.5) is 10.6 Å². The van der Waals surface area contributed by atoms with Crippen LogP contribution in [0.15, 0.2) is 79.3 Å². The van der Waals surface area contributed by atoms with Gasteiger partial charge in [0.15, 0.2) is 12.0 Å². The summed E-state index contributed by atoms with van der Waals surface area (Å²) in [6.45, 7) is -0.329. The highest BCUT2D eigenvalue weighted by atomic mass is 16.6. The molecule has 4 aromatic rings. The van der Waals surface area contributed by atoms with E-state index in [1.807, 2.05) is 85.7 Å². The third-order valence-corrected chi connectivity index (χ3v) is 7.50. The molecule has 220 valence electrons. The summed E-state index contributed by atoms with van der Waals surface area (Å²) in [5.41, 5.74) is 2.24. The largest absolute Gasteiger partial charge is 0.445 e. The van der Waals surface area contributed by atoms with Crippen molar-refractivity contribution in [3.8, 4) is 0 Å². The topological polar surface area (TPSA) is 139 Å². The standard InChI is InChI=1S/C31H35N5O6/c1-35(2)28-22-13-14-36(29(22)33-19-32-28)30-27(39)23(26(17-37)42-30)16-25(38)24(15-20-9-5-3-6-10-20)34-31(40)41-18-21-11-7-4-8-12-21/h3-14,19,23-24,26-27,30,37,39H,15-18H2,1-2H3,(H,34,40)/t23-,24-,26+,27?,30+/m0/s1. The second kappa shape index (κ2) is 13.1. The number of hydrogen-bond donors (Lipinski definition) is 3. The van der Waals surface area contributed by atoms with Crippen LogP contribution in [-0.2, 0) is 27.3 Å². The molecule has 2 aromatic heterocycles. The monoisotopic (exact) mass is 573 g/mol. The Kier molecular flexibility index (Phi) is 9.11. The molecule has 5 rings (SSSR count). The molecule has 5 atom stereocenters. The summed E-state index contributed by atoms with van der Waals surface area (Å²) < 4.78 is 13.2. The van der Waals surface area contributed by atoms with Crippen molar-refractivity contribution in [3.05, 3.63) is 90.4 Å². The lowest BCUT2D eigenvalue weighted by Gasteiger charge is -2.23. The third kappa shape index (κ3) is 6.43. The predicted octanol–water partition coefficient (Wildman–Crippen LogP) is 2.86. The molecule has 0 saturated carbocycles. The molecular weight excluding hydrogens is 538 g/mol. The molecule has 0 spiro atoms. The van der Waals surface area contributed by atoms with Crippen molar-refractivity contribution in [2.75, 3.05) is 25.6 Å². The molecule has 1 amide bonds. The fraction of sp³-hybridized carbons (Fsp3) is 0.355. The van der Waals surface area contributed by atoms with Gasteiger partial charge < -0.3 is 34.5 Å². The molecule has 1 aliphatic heterocycles. The zero-order valence-corrected chi connectivity index (χ0v) is 23.5. The van der Waals surface area contributed by atoms with Gasteiger partial charge in [0.25, 0.3) is 0 Å². The Bertz CT molecular complexity index is 1500. The number of hydrogen-bond acceptors (Lipinski definition) is 9. The van der Waals surface area contributed by atoms with Crippen molar-refractivity contribution < 1.29 is 29.3 Å². The van der Waals surface area contributed by atoms with Crippen LogP contribution in [0.25, 0.3) is 11.0 Å². The first-order chi connectivity index (χ1) is 20.4. The maximum Gasteiger partial charge on any atom is 0.408 e. The molecular formula is C31H35N5O6. The lowest BCUT2D eigenvalue weighted by atomic mass is 9.88. The van der Waals surface area contributed by atoms with Crippen molar-refractivity contribution in [1.29, 1.82) is 0 Å². The SMILES string of the molecule is CN(C)c1ncnc2c1ccn2[C@@H]1O[C@H](CO)[C@H](CC(=O)[C@H](Cc2ccccc2)NC(=O)OCc2ccccc2)C1O. The molecule has 0 radical (unpaired) electrons. The van der Waals surface area contributed by atoms with Crippen molar-refractivity contribution in [1.82, 2.24) is 19.9 Å². The van der Waals surface area contributed by atoms with E-state index in [1.165, 1.54) is 6.33 Å². The number of benzene rings is 2. The normalized spacial score (nSPS) is 20.8. The maximum absolute atomic E-state index is 13.7. The van der Waals surface area contributed by atoms with E-state index in [0.29, 0.717) is 11.5 Å². The molecule has 0 bridgehead atoms. The van der Waals surface area contributed by atoms with E-state index in [4.69, 9.17) is 9.47 Å². The number of anilines is 1. The van der Waals surface area contributed by atoms with E-state index in [1.54, 1.807) is 10.8 Å². The van der Waals surface area contributed by atoms with Crippen LogP contribution in [0.5, 0.6) is 0 Å². The Morgan fingerprint density at radius 2 is 1.74 bits per heavy atom. The first-order valence-electron chi connectivity index (χ1n) is 13.8. The van der Waals surface area contributed by atoms with E-state index in [-0.39, 0.29) is 25.2 Å². The number of amides is 1. The molecule has 3 heterocycles. The number of ketones is 1. The van der Waals surface area contributed by atoms with Gasteiger partial charge in [-0.25, -0.2) is 14.8 Å². The quantitative estimate of drug-likeness (QED) is 0.247. The Labute approximate surface area is 243 Å². The summed E-state index contributed by atoms with van der Waals surface area (Å²) in [6.07, 6.45) is -0.217. The van der Waals surface area contributed by atoms with E-state index in [9.17, 15) is 19.8 Å². The number of nitrogens with one attached hydrogen (secondary N) is 1. The number of aliphatic hydroxyl groups excluding tert-OH is 2. The van der Waals surface area contributed by atoms with Gasteiger partial charge in [0.05, 0.1) is 24.1 Å². The van der Waals surface area contributed by atoms with Gasteiger partial charge >= 0.3 is 6.09 Å². The van der Waals surface area contributed by atoms with E-state index >= 15 is 0 Å². The Morgan fingerprint density at radius 3 is 2.40 bits per heavy atom. The number of rotatable bonds is 11. The van der Waals surface area contributed by atoms with E-state index in [2.05, 4.69) is 15.3 Å². The number of ether oxygens (including phenoxy) is 2. The molecule has 11 heteroatoms. The zero-order valence-electron chi connectivity index (χ0n) is 23.5. The second-order valence-corrected chi connectivity index (χ2v) is 10.6. The zero-order chi connectivity index (χ0) is 29.6. The summed E-state index contributed by atoms with van der Waals surface area (Å²) >= 11 is 0. The predicted molar refractivity (Wildman–Crippen MR) is 156 cm³/mol. The van der Waals surface area contributed by atoms with Gasteiger partial charge in [-0.05, 0) is 23.6 Å². The molecule has 1 aliphatic rings. The Hall–Kier alpha value is -4.32. The number of carbonyl (C=O) groups excluding carboxylic acids is 2. The number of aliphatic hydroxyl groups is 2. The minimum absolute atomic E-state index is 0.0618. The van der Waals surface area contributed by atoms with Crippen LogP contribution in [0.3, 0.4) is 0 Å². The van der Waals surface area contributed by atoms with Gasteiger partial charge in [0.1, 0.15) is 30.5 Å². The highest BCUT2D eigenvalue weighted by Gasteiger charge is 2.46. The van der Waals surface area contributed by atoms with Gasteiger partial charge in [0, 0.05) is 32.6 Å². The average Bonchev–Trinajstić information content (AvgIpc) is 3.57. The number of Topliss-reactive ketones (excluding diaryl/α,β-unsaturated/α-hetero) is 1. The van der Waals surface area contributed by atoms with Gasteiger partial charge in [-0.3, -0.25) is 4.79 Å². The summed E-state index contributed by atoms with van der Waals surface area (Å²) in [6, 6.07) is 19.5. The number of carbonyl (C=O) groups is 2. The molecule has 1 saturated heterocycles. The number of fused-ring (bicyclic) bond motifs is 1. The fourth-order valence-electron chi connectivity index (χ4n) is 5.35. The fourth-order valence-corrected chi connectivity index (χ4v) is 5.35. The Balaban J connectivity index is 1.32. The van der Waals surface area contributed by atoms with Gasteiger partial charge in [-0.2, -0.15) is 0 Å². The van der Waals surface area contributed by atoms with Crippen LogP contribution in [0.2, 0.25) is 0 Å². The number of aromatic nitrogens is 3. The van der Waals surface area contributed by atoms with Crippen molar-refractivity contribution >= 4 is 28.7 Å². The van der Waals surface area contributed by atoms with Crippen LogP contribution < -0.4 is 10.2 Å². The lowest BCUT2D eigenvalue weighted by molar-refractivity contribution is -0.123. The summed E-state index contributed by atoms with van der Waals surface area (Å²) in [7, 11) is 3.75. The smallest absolute Gasteiger partial charge is 0.408 e. The molecule has 11 nitrogen and oxygen atoms in total. The highest BCUT2D eigenvalue weighted by Crippen LogP contribution is 2.38. The molecule has 0 aliphatic carbocycles. The van der Waals surface area contributed by atoms with Crippen LogP contribution in [0.1, 0.15) is 23.8 Å². The summed E-state index contributed by atoms with van der Waals surface area (Å²) in [5, 5.41) is 25.0. The van der Waals surface area contributed by atoms with Crippen LogP contribution in [-0.4, -0.2) is 75.6 Å². The first kappa shape index (κ1) is 29.2. The third-order valence-electron chi connectivity index (χ3n) is 7.50. The number of nitrogens with zero attached hydrogens (tertiary/aromatic N) is 4. The van der Waals surface area contributed by atoms with Gasteiger partial charge in [-0.1, -0.05) is 60.7 Å². The molecule has 2 aromatic carbocycles. The van der Waals surface area contributed by atoms with Gasteiger partial charge in [-0.15, -0.1) is 0 Å².